The van der Waals surface area contributed by atoms with E-state index in [9.17, 15) is 0 Å². The van der Waals surface area contributed by atoms with Crippen LogP contribution in [0, 0.1) is 13.8 Å². The van der Waals surface area contributed by atoms with Crippen LogP contribution in [-0.4, -0.2) is 20.0 Å². The van der Waals surface area contributed by atoms with Gasteiger partial charge in [0.1, 0.15) is 0 Å². The van der Waals surface area contributed by atoms with Crippen LogP contribution in [0.25, 0.3) is 0 Å². The molecule has 0 atom stereocenters. The quantitative estimate of drug-likeness (QED) is 0.424. The lowest BCUT2D eigenvalue weighted by atomic mass is 10.3. The monoisotopic (exact) mass is 140 g/mol. The first-order chi connectivity index (χ1) is 4.13. The van der Waals surface area contributed by atoms with Crippen LogP contribution in [0.5, 0.6) is 0 Å². The van der Waals surface area contributed by atoms with Gasteiger partial charge in [0.25, 0.3) is 0 Å². The standard InChI is InChI=1S/C6H12N2Si/c1-4-5(2)8(3)7-6(4)9/h1-3,9H3. The Kier molecular flexibility index (Phi) is 1.44. The molecule has 0 fully saturated rings. The predicted molar refractivity (Wildman–Crippen MR) is 42.3 cm³/mol. The highest BCUT2D eigenvalue weighted by Gasteiger charge is 2.01. The third-order valence-corrected chi connectivity index (χ3v) is 2.82. The van der Waals surface area contributed by atoms with Gasteiger partial charge in [-0.1, -0.05) is 0 Å². The van der Waals surface area contributed by atoms with E-state index in [0.29, 0.717) is 0 Å². The first-order valence-electron chi connectivity index (χ1n) is 3.09. The van der Waals surface area contributed by atoms with Gasteiger partial charge in [0.15, 0.2) is 0 Å². The number of hydrogen-bond donors (Lipinski definition) is 0. The summed E-state index contributed by atoms with van der Waals surface area (Å²) >= 11 is 0. The van der Waals surface area contributed by atoms with Gasteiger partial charge in [0, 0.05) is 18.1 Å². The zero-order chi connectivity index (χ0) is 7.02. The normalized spacial score (nSPS) is 10.6. The summed E-state index contributed by atoms with van der Waals surface area (Å²) in [6, 6.07) is 0. The molecule has 0 saturated heterocycles. The van der Waals surface area contributed by atoms with Crippen LogP contribution >= 0.6 is 0 Å². The van der Waals surface area contributed by atoms with Gasteiger partial charge < -0.3 is 0 Å². The molecule has 50 valence electrons. The average Bonchev–Trinajstić information content (AvgIpc) is 1.98. The van der Waals surface area contributed by atoms with E-state index in [1.165, 1.54) is 16.6 Å². The van der Waals surface area contributed by atoms with Gasteiger partial charge in [-0.2, -0.15) is 5.10 Å². The maximum absolute atomic E-state index is 4.29. The molecule has 3 heteroatoms. The Balaban J connectivity index is 3.29. The second-order valence-corrected chi connectivity index (χ2v) is 3.37. The Morgan fingerprint density at radius 2 is 2.00 bits per heavy atom. The molecule has 0 aromatic carbocycles. The Morgan fingerprint density at radius 1 is 1.44 bits per heavy atom. The highest BCUT2D eigenvalue weighted by molar-refractivity contribution is 6.31. The van der Waals surface area contributed by atoms with Gasteiger partial charge >= 0.3 is 0 Å². The summed E-state index contributed by atoms with van der Waals surface area (Å²) in [4.78, 5) is 0. The highest BCUT2D eigenvalue weighted by Crippen LogP contribution is 1.98. The lowest BCUT2D eigenvalue weighted by Gasteiger charge is -1.91. The Hall–Kier alpha value is -0.573. The molecular weight excluding hydrogens is 128 g/mol. The van der Waals surface area contributed by atoms with Crippen molar-refractivity contribution < 1.29 is 0 Å². The second-order valence-electron chi connectivity index (χ2n) is 2.42. The number of aromatic nitrogens is 2. The fourth-order valence-electron chi connectivity index (χ4n) is 0.880. The lowest BCUT2D eigenvalue weighted by Crippen LogP contribution is -2.07. The summed E-state index contributed by atoms with van der Waals surface area (Å²) < 4.78 is 1.94. The van der Waals surface area contributed by atoms with E-state index in [1.807, 2.05) is 11.7 Å². The van der Waals surface area contributed by atoms with Gasteiger partial charge in [0.2, 0.25) is 0 Å². The van der Waals surface area contributed by atoms with Crippen molar-refractivity contribution >= 4 is 15.6 Å². The maximum Gasteiger partial charge on any atom is 0.0651 e. The fourth-order valence-corrected chi connectivity index (χ4v) is 1.54. The first kappa shape index (κ1) is 6.55. The van der Waals surface area contributed by atoms with Crippen LogP contribution in [-0.2, 0) is 7.05 Å². The van der Waals surface area contributed by atoms with Crippen molar-refractivity contribution in [2.24, 2.45) is 7.05 Å². The van der Waals surface area contributed by atoms with Gasteiger partial charge in [-0.05, 0) is 19.4 Å². The van der Waals surface area contributed by atoms with Gasteiger partial charge in [-0.25, -0.2) is 0 Å². The molecule has 9 heavy (non-hydrogen) atoms. The molecule has 0 unspecified atom stereocenters. The summed E-state index contributed by atoms with van der Waals surface area (Å²) in [6.07, 6.45) is 0. The van der Waals surface area contributed by atoms with Crippen LogP contribution in [0.15, 0.2) is 0 Å². The van der Waals surface area contributed by atoms with Crippen molar-refractivity contribution in [3.63, 3.8) is 0 Å². The molecule has 0 spiro atoms. The minimum Gasteiger partial charge on any atom is -0.273 e. The van der Waals surface area contributed by atoms with E-state index < -0.39 is 0 Å². The SMILES string of the molecule is Cc1c([SiH3])nn(C)c1C. The Morgan fingerprint density at radius 3 is 2.11 bits per heavy atom. The van der Waals surface area contributed by atoms with Crippen molar-refractivity contribution in [2.45, 2.75) is 13.8 Å². The van der Waals surface area contributed by atoms with E-state index in [-0.39, 0.29) is 0 Å². The van der Waals surface area contributed by atoms with Gasteiger partial charge in [0.05, 0.1) is 10.2 Å². The Bertz CT molecular complexity index is 205. The largest absolute Gasteiger partial charge is 0.273 e. The molecule has 1 aromatic rings. The van der Waals surface area contributed by atoms with Crippen molar-refractivity contribution in [3.05, 3.63) is 11.3 Å². The van der Waals surface area contributed by atoms with Gasteiger partial charge in [-0.3, -0.25) is 4.68 Å². The third kappa shape index (κ3) is 0.919. The van der Waals surface area contributed by atoms with E-state index in [1.54, 1.807) is 0 Å². The van der Waals surface area contributed by atoms with E-state index >= 15 is 0 Å². The van der Waals surface area contributed by atoms with E-state index in [2.05, 4.69) is 18.9 Å². The van der Waals surface area contributed by atoms with Gasteiger partial charge in [-0.15, -0.1) is 0 Å². The zero-order valence-corrected chi connectivity index (χ0v) is 8.39. The summed E-state index contributed by atoms with van der Waals surface area (Å²) in [5.74, 6) is 0. The first-order valence-corrected chi connectivity index (χ1v) is 4.09. The predicted octanol–water partition coefficient (Wildman–Crippen LogP) is -0.972. The van der Waals surface area contributed by atoms with Crippen molar-refractivity contribution in [1.82, 2.24) is 9.78 Å². The summed E-state index contributed by atoms with van der Waals surface area (Å²) in [7, 11) is 3.05. The molecule has 0 aliphatic heterocycles. The molecule has 2 nitrogen and oxygen atoms in total. The minimum absolute atomic E-state index is 1.06. The average molecular weight is 140 g/mol. The fraction of sp³-hybridized carbons (Fsp3) is 0.500. The smallest absolute Gasteiger partial charge is 0.0651 e. The number of rotatable bonds is 0. The Labute approximate surface area is 58.3 Å². The third-order valence-electron chi connectivity index (χ3n) is 1.87. The van der Waals surface area contributed by atoms with Crippen LogP contribution < -0.4 is 5.32 Å². The van der Waals surface area contributed by atoms with Crippen LogP contribution in [0.4, 0.5) is 0 Å². The molecule has 0 N–H and O–H groups in total. The molecule has 0 radical (unpaired) electrons. The maximum atomic E-state index is 4.29. The molecule has 0 saturated carbocycles. The molecule has 0 aliphatic carbocycles. The van der Waals surface area contributed by atoms with E-state index in [0.717, 1.165) is 10.2 Å². The highest BCUT2D eigenvalue weighted by atomic mass is 28.1. The molecule has 1 rings (SSSR count). The van der Waals surface area contributed by atoms with Crippen LogP contribution in [0.3, 0.4) is 0 Å². The molecule has 0 aliphatic rings. The van der Waals surface area contributed by atoms with Crippen molar-refractivity contribution in [3.8, 4) is 0 Å². The summed E-state index contributed by atoms with van der Waals surface area (Å²) in [5.41, 5.74) is 2.66. The van der Waals surface area contributed by atoms with E-state index in [4.69, 9.17) is 0 Å². The summed E-state index contributed by atoms with van der Waals surface area (Å²) in [6.45, 7) is 4.23. The molecule has 1 heterocycles. The molecule has 0 amide bonds. The van der Waals surface area contributed by atoms with Crippen molar-refractivity contribution in [2.75, 3.05) is 0 Å². The molecular formula is C6H12N2Si. The minimum atomic E-state index is 1.06. The van der Waals surface area contributed by atoms with Crippen LogP contribution in [0.1, 0.15) is 11.3 Å². The topological polar surface area (TPSA) is 17.8 Å². The number of aryl methyl sites for hydroxylation is 1. The lowest BCUT2D eigenvalue weighted by molar-refractivity contribution is 0.745. The molecule has 1 aromatic heterocycles. The molecule has 0 bridgehead atoms. The zero-order valence-electron chi connectivity index (χ0n) is 6.39. The number of hydrogen-bond acceptors (Lipinski definition) is 1. The summed E-state index contributed by atoms with van der Waals surface area (Å²) in [5, 5.41) is 5.56. The van der Waals surface area contributed by atoms with Crippen molar-refractivity contribution in [1.29, 1.82) is 0 Å². The number of nitrogens with zero attached hydrogens (tertiary/aromatic N) is 2. The van der Waals surface area contributed by atoms with Crippen LogP contribution in [0.2, 0.25) is 0 Å². The second kappa shape index (κ2) is 1.99.